The Morgan fingerprint density at radius 2 is 1.92 bits per heavy atom. The van der Waals surface area contributed by atoms with Gasteiger partial charge in [0, 0.05) is 34.7 Å². The van der Waals surface area contributed by atoms with Gasteiger partial charge in [0.15, 0.2) is 0 Å². The lowest BCUT2D eigenvalue weighted by molar-refractivity contribution is 0.600. The van der Waals surface area contributed by atoms with E-state index in [1.54, 1.807) is 18.5 Å². The maximum absolute atomic E-state index is 14.2. The van der Waals surface area contributed by atoms with Crippen molar-refractivity contribution in [2.75, 3.05) is 4.90 Å². The van der Waals surface area contributed by atoms with Gasteiger partial charge in [-0.1, -0.05) is 28.1 Å². The summed E-state index contributed by atoms with van der Waals surface area (Å²) in [5.74, 6) is 0.297. The Bertz CT molecular complexity index is 826. The van der Waals surface area contributed by atoms with Crippen LogP contribution in [0.4, 0.5) is 10.3 Å². The summed E-state index contributed by atoms with van der Waals surface area (Å²) in [5.41, 5.74) is 2.32. The SMILES string of the molecule is Cc1ccnc(N(Cc2ccccn2)Cc2ccc(Br)cc2F)n1. The van der Waals surface area contributed by atoms with Gasteiger partial charge >= 0.3 is 0 Å². The molecule has 0 saturated heterocycles. The van der Waals surface area contributed by atoms with Crippen LogP contribution < -0.4 is 4.90 Å². The highest BCUT2D eigenvalue weighted by Gasteiger charge is 2.14. The summed E-state index contributed by atoms with van der Waals surface area (Å²) in [4.78, 5) is 15.1. The van der Waals surface area contributed by atoms with Crippen molar-refractivity contribution in [2.24, 2.45) is 0 Å². The molecule has 24 heavy (non-hydrogen) atoms. The first kappa shape index (κ1) is 16.5. The maximum Gasteiger partial charge on any atom is 0.226 e. The van der Waals surface area contributed by atoms with E-state index >= 15 is 0 Å². The number of benzene rings is 1. The lowest BCUT2D eigenvalue weighted by Gasteiger charge is -2.23. The molecule has 0 aliphatic carbocycles. The zero-order valence-corrected chi connectivity index (χ0v) is 14.7. The first-order valence-corrected chi connectivity index (χ1v) is 8.29. The number of hydrogen-bond acceptors (Lipinski definition) is 4. The van der Waals surface area contributed by atoms with E-state index in [4.69, 9.17) is 0 Å². The van der Waals surface area contributed by atoms with E-state index in [9.17, 15) is 4.39 Å². The van der Waals surface area contributed by atoms with Crippen molar-refractivity contribution >= 4 is 21.9 Å². The second kappa shape index (κ2) is 7.49. The fourth-order valence-electron chi connectivity index (χ4n) is 2.33. The monoisotopic (exact) mass is 386 g/mol. The van der Waals surface area contributed by atoms with Gasteiger partial charge in [-0.3, -0.25) is 4.98 Å². The average Bonchev–Trinajstić information content (AvgIpc) is 2.57. The Balaban J connectivity index is 1.92. The number of rotatable bonds is 5. The third kappa shape index (κ3) is 4.14. The van der Waals surface area contributed by atoms with E-state index in [0.717, 1.165) is 11.4 Å². The number of anilines is 1. The molecule has 0 spiro atoms. The predicted octanol–water partition coefficient (Wildman–Crippen LogP) is 4.29. The predicted molar refractivity (Wildman–Crippen MR) is 95.0 cm³/mol. The van der Waals surface area contributed by atoms with Gasteiger partial charge in [-0.2, -0.15) is 0 Å². The molecule has 3 rings (SSSR count). The third-order valence-corrected chi connectivity index (χ3v) is 4.01. The van der Waals surface area contributed by atoms with Crippen molar-refractivity contribution in [3.8, 4) is 0 Å². The van der Waals surface area contributed by atoms with Crippen LogP contribution in [0.25, 0.3) is 0 Å². The third-order valence-electron chi connectivity index (χ3n) is 3.52. The van der Waals surface area contributed by atoms with E-state index < -0.39 is 0 Å². The molecule has 2 aromatic heterocycles. The first-order valence-electron chi connectivity index (χ1n) is 7.50. The Morgan fingerprint density at radius 3 is 2.62 bits per heavy atom. The Morgan fingerprint density at radius 1 is 1.04 bits per heavy atom. The molecule has 0 amide bonds. The van der Waals surface area contributed by atoms with Crippen LogP contribution in [0.2, 0.25) is 0 Å². The van der Waals surface area contributed by atoms with Crippen LogP contribution in [0, 0.1) is 12.7 Å². The number of aryl methyl sites for hydroxylation is 1. The topological polar surface area (TPSA) is 41.9 Å². The molecule has 0 radical (unpaired) electrons. The highest BCUT2D eigenvalue weighted by molar-refractivity contribution is 9.10. The van der Waals surface area contributed by atoms with E-state index in [0.29, 0.717) is 29.1 Å². The molecular formula is C18H16BrFN4. The van der Waals surface area contributed by atoms with Gasteiger partial charge in [-0.15, -0.1) is 0 Å². The number of nitrogens with zero attached hydrogens (tertiary/aromatic N) is 4. The molecule has 0 atom stereocenters. The summed E-state index contributed by atoms with van der Waals surface area (Å²) in [5, 5.41) is 0. The first-order chi connectivity index (χ1) is 11.6. The molecule has 0 saturated carbocycles. The van der Waals surface area contributed by atoms with E-state index in [1.807, 2.05) is 42.2 Å². The molecule has 0 aliphatic heterocycles. The van der Waals surface area contributed by atoms with Gasteiger partial charge in [-0.25, -0.2) is 14.4 Å². The lowest BCUT2D eigenvalue weighted by atomic mass is 10.2. The van der Waals surface area contributed by atoms with Crippen LogP contribution in [-0.4, -0.2) is 15.0 Å². The highest BCUT2D eigenvalue weighted by atomic mass is 79.9. The molecule has 0 aliphatic rings. The molecule has 1 aromatic carbocycles. The lowest BCUT2D eigenvalue weighted by Crippen LogP contribution is -2.25. The van der Waals surface area contributed by atoms with E-state index in [2.05, 4.69) is 30.9 Å². The number of pyridine rings is 1. The van der Waals surface area contributed by atoms with Gasteiger partial charge < -0.3 is 4.90 Å². The van der Waals surface area contributed by atoms with Gasteiger partial charge in [0.2, 0.25) is 5.95 Å². The smallest absolute Gasteiger partial charge is 0.226 e. The normalized spacial score (nSPS) is 10.6. The average molecular weight is 387 g/mol. The summed E-state index contributed by atoms with van der Waals surface area (Å²) in [6.07, 6.45) is 3.45. The minimum Gasteiger partial charge on any atom is -0.330 e. The standard InChI is InChI=1S/C18H16BrFN4/c1-13-7-9-22-18(23-13)24(12-16-4-2-3-8-21-16)11-14-5-6-15(19)10-17(14)20/h2-10H,11-12H2,1H3. The van der Waals surface area contributed by atoms with Gasteiger partial charge in [0.1, 0.15) is 5.82 Å². The zero-order valence-electron chi connectivity index (χ0n) is 13.2. The highest BCUT2D eigenvalue weighted by Crippen LogP contribution is 2.20. The molecule has 0 fully saturated rings. The second-order valence-electron chi connectivity index (χ2n) is 5.41. The fraction of sp³-hybridized carbons (Fsp3) is 0.167. The van der Waals surface area contributed by atoms with Crippen LogP contribution in [0.5, 0.6) is 0 Å². The molecule has 122 valence electrons. The molecule has 2 heterocycles. The van der Waals surface area contributed by atoms with Crippen molar-refractivity contribution in [1.82, 2.24) is 15.0 Å². The van der Waals surface area contributed by atoms with E-state index in [-0.39, 0.29) is 5.82 Å². The number of hydrogen-bond donors (Lipinski definition) is 0. The summed E-state index contributed by atoms with van der Waals surface area (Å²) >= 11 is 3.28. The Kier molecular flexibility index (Phi) is 5.15. The minimum absolute atomic E-state index is 0.261. The summed E-state index contributed by atoms with van der Waals surface area (Å²) in [7, 11) is 0. The van der Waals surface area contributed by atoms with E-state index in [1.165, 1.54) is 6.07 Å². The van der Waals surface area contributed by atoms with Gasteiger partial charge in [0.25, 0.3) is 0 Å². The van der Waals surface area contributed by atoms with Gasteiger partial charge in [0.05, 0.1) is 12.2 Å². The second-order valence-corrected chi connectivity index (χ2v) is 6.33. The van der Waals surface area contributed by atoms with Crippen molar-refractivity contribution in [2.45, 2.75) is 20.0 Å². The molecule has 6 heteroatoms. The largest absolute Gasteiger partial charge is 0.330 e. The fourth-order valence-corrected chi connectivity index (χ4v) is 2.66. The number of aromatic nitrogens is 3. The van der Waals surface area contributed by atoms with Crippen molar-refractivity contribution in [1.29, 1.82) is 0 Å². The molecule has 4 nitrogen and oxygen atoms in total. The summed E-state index contributed by atoms with van der Waals surface area (Å²) in [6, 6.07) is 12.6. The Labute approximate surface area is 148 Å². The van der Waals surface area contributed by atoms with Crippen LogP contribution in [0.1, 0.15) is 17.0 Å². The quantitative estimate of drug-likeness (QED) is 0.655. The molecule has 0 N–H and O–H groups in total. The van der Waals surface area contributed by atoms with Crippen molar-refractivity contribution < 1.29 is 4.39 Å². The van der Waals surface area contributed by atoms with Crippen LogP contribution >= 0.6 is 15.9 Å². The van der Waals surface area contributed by atoms with Crippen LogP contribution in [-0.2, 0) is 13.1 Å². The number of halogens is 2. The summed E-state index contributed by atoms with van der Waals surface area (Å²) < 4.78 is 14.9. The van der Waals surface area contributed by atoms with Crippen molar-refractivity contribution in [3.63, 3.8) is 0 Å². The summed E-state index contributed by atoms with van der Waals surface area (Å²) in [6.45, 7) is 2.77. The molecule has 0 bridgehead atoms. The Hall–Kier alpha value is -2.34. The van der Waals surface area contributed by atoms with Crippen molar-refractivity contribution in [3.05, 3.63) is 82.1 Å². The maximum atomic E-state index is 14.2. The van der Waals surface area contributed by atoms with Crippen LogP contribution in [0.3, 0.4) is 0 Å². The van der Waals surface area contributed by atoms with Crippen LogP contribution in [0.15, 0.2) is 59.3 Å². The van der Waals surface area contributed by atoms with Gasteiger partial charge in [-0.05, 0) is 37.3 Å². The molecule has 0 unspecified atom stereocenters. The molecular weight excluding hydrogens is 371 g/mol. The zero-order chi connectivity index (χ0) is 16.9. The molecule has 3 aromatic rings. The minimum atomic E-state index is -0.261.